The second-order valence-corrected chi connectivity index (χ2v) is 5.59. The Morgan fingerprint density at radius 1 is 1.44 bits per heavy atom. The van der Waals surface area contributed by atoms with E-state index < -0.39 is 5.92 Å². The fourth-order valence-corrected chi connectivity index (χ4v) is 2.33. The molecule has 1 atom stereocenters. The van der Waals surface area contributed by atoms with E-state index in [1.54, 1.807) is 0 Å². The van der Waals surface area contributed by atoms with Gasteiger partial charge in [-0.05, 0) is 24.2 Å². The van der Waals surface area contributed by atoms with Crippen LogP contribution in [-0.2, 0) is 4.79 Å². The Morgan fingerprint density at radius 2 is 2.00 bits per heavy atom. The predicted molar refractivity (Wildman–Crippen MR) is 63.5 cm³/mol. The fraction of sp³-hybridized carbons (Fsp3) is 0.846. The highest BCUT2D eigenvalue weighted by Crippen LogP contribution is 2.36. The molecule has 3 heteroatoms. The van der Waals surface area contributed by atoms with Crippen LogP contribution >= 0.6 is 0 Å². The molecule has 0 aromatic carbocycles. The summed E-state index contributed by atoms with van der Waals surface area (Å²) in [6.45, 7) is 6.75. The van der Waals surface area contributed by atoms with Gasteiger partial charge in [-0.1, -0.05) is 33.6 Å². The van der Waals surface area contributed by atoms with Crippen molar-refractivity contribution in [3.05, 3.63) is 0 Å². The molecule has 1 unspecified atom stereocenters. The minimum Gasteiger partial charge on any atom is -0.354 e. The molecule has 0 aromatic heterocycles. The largest absolute Gasteiger partial charge is 0.354 e. The zero-order valence-electron chi connectivity index (χ0n) is 10.5. The van der Waals surface area contributed by atoms with Gasteiger partial charge in [0, 0.05) is 6.54 Å². The first-order valence-electron chi connectivity index (χ1n) is 6.16. The standard InChI is InChI=1S/C13H22N2O/c1-10(2)11(8-14)12(16)15-9-13(3)6-4-5-7-13/h10-11H,4-7,9H2,1-3H3,(H,15,16). The van der Waals surface area contributed by atoms with E-state index in [4.69, 9.17) is 5.26 Å². The average molecular weight is 222 g/mol. The predicted octanol–water partition coefficient (Wildman–Crippen LogP) is 2.48. The van der Waals surface area contributed by atoms with Gasteiger partial charge < -0.3 is 5.32 Å². The van der Waals surface area contributed by atoms with E-state index in [0.29, 0.717) is 0 Å². The lowest BCUT2D eigenvalue weighted by molar-refractivity contribution is -0.124. The maximum atomic E-state index is 11.8. The van der Waals surface area contributed by atoms with Gasteiger partial charge in [-0.2, -0.15) is 5.26 Å². The molecule has 1 N–H and O–H groups in total. The van der Waals surface area contributed by atoms with Crippen LogP contribution < -0.4 is 5.32 Å². The summed E-state index contributed by atoms with van der Waals surface area (Å²) in [6, 6.07) is 2.08. The highest BCUT2D eigenvalue weighted by molar-refractivity contribution is 5.81. The molecular formula is C13H22N2O. The summed E-state index contributed by atoms with van der Waals surface area (Å²) in [5.74, 6) is -0.531. The van der Waals surface area contributed by atoms with Crippen LogP contribution in [0.5, 0.6) is 0 Å². The van der Waals surface area contributed by atoms with Crippen LogP contribution in [0.3, 0.4) is 0 Å². The van der Waals surface area contributed by atoms with Crippen molar-refractivity contribution in [2.75, 3.05) is 6.54 Å². The first kappa shape index (κ1) is 13.0. The summed E-state index contributed by atoms with van der Waals surface area (Å²) in [5, 5.41) is 11.8. The molecule has 1 rings (SSSR count). The molecule has 0 bridgehead atoms. The Hall–Kier alpha value is -1.04. The molecule has 16 heavy (non-hydrogen) atoms. The fourth-order valence-electron chi connectivity index (χ4n) is 2.33. The van der Waals surface area contributed by atoms with Crippen LogP contribution in [0.1, 0.15) is 46.5 Å². The van der Waals surface area contributed by atoms with E-state index in [1.807, 2.05) is 13.8 Å². The van der Waals surface area contributed by atoms with Gasteiger partial charge in [-0.15, -0.1) is 0 Å². The van der Waals surface area contributed by atoms with Crippen molar-refractivity contribution in [2.24, 2.45) is 17.3 Å². The first-order valence-corrected chi connectivity index (χ1v) is 6.16. The summed E-state index contributed by atoms with van der Waals surface area (Å²) in [4.78, 5) is 11.8. The van der Waals surface area contributed by atoms with Crippen LogP contribution in [-0.4, -0.2) is 12.5 Å². The van der Waals surface area contributed by atoms with Gasteiger partial charge in [0.1, 0.15) is 5.92 Å². The number of hydrogen-bond acceptors (Lipinski definition) is 2. The summed E-state index contributed by atoms with van der Waals surface area (Å²) < 4.78 is 0. The van der Waals surface area contributed by atoms with Crippen LogP contribution in [0.4, 0.5) is 0 Å². The summed E-state index contributed by atoms with van der Waals surface area (Å²) in [7, 11) is 0. The lowest BCUT2D eigenvalue weighted by Crippen LogP contribution is -2.38. The topological polar surface area (TPSA) is 52.9 Å². The molecule has 1 amide bonds. The van der Waals surface area contributed by atoms with Gasteiger partial charge in [0.15, 0.2) is 0 Å². The molecule has 0 saturated heterocycles. The number of amides is 1. The quantitative estimate of drug-likeness (QED) is 0.794. The van der Waals surface area contributed by atoms with E-state index in [2.05, 4.69) is 18.3 Å². The zero-order valence-corrected chi connectivity index (χ0v) is 10.5. The van der Waals surface area contributed by atoms with Gasteiger partial charge in [0.25, 0.3) is 0 Å². The maximum absolute atomic E-state index is 11.8. The van der Waals surface area contributed by atoms with E-state index >= 15 is 0 Å². The molecule has 1 fully saturated rings. The number of rotatable bonds is 4. The van der Waals surface area contributed by atoms with Crippen LogP contribution in [0, 0.1) is 28.6 Å². The van der Waals surface area contributed by atoms with Crippen molar-refractivity contribution in [3.63, 3.8) is 0 Å². The molecule has 0 aromatic rings. The van der Waals surface area contributed by atoms with Crippen molar-refractivity contribution < 1.29 is 4.79 Å². The molecule has 90 valence electrons. The first-order chi connectivity index (χ1) is 7.48. The molecule has 1 aliphatic rings. The van der Waals surface area contributed by atoms with Gasteiger partial charge in [-0.3, -0.25) is 4.79 Å². The highest BCUT2D eigenvalue weighted by Gasteiger charge is 2.30. The Bertz CT molecular complexity index is 285. The van der Waals surface area contributed by atoms with Gasteiger partial charge in [-0.25, -0.2) is 0 Å². The van der Waals surface area contributed by atoms with Gasteiger partial charge in [0.2, 0.25) is 5.91 Å². The molecular weight excluding hydrogens is 200 g/mol. The molecule has 3 nitrogen and oxygen atoms in total. The minimum absolute atomic E-state index is 0.0846. The highest BCUT2D eigenvalue weighted by atomic mass is 16.1. The summed E-state index contributed by atoms with van der Waals surface area (Å²) in [6.07, 6.45) is 4.90. The summed E-state index contributed by atoms with van der Waals surface area (Å²) in [5.41, 5.74) is 0.257. The third-order valence-electron chi connectivity index (χ3n) is 3.59. The van der Waals surface area contributed by atoms with Crippen molar-refractivity contribution >= 4 is 5.91 Å². The molecule has 0 aliphatic heterocycles. The lowest BCUT2D eigenvalue weighted by atomic mass is 9.88. The van der Waals surface area contributed by atoms with Crippen molar-refractivity contribution in [1.29, 1.82) is 5.26 Å². The second kappa shape index (κ2) is 5.34. The number of nitriles is 1. The zero-order chi connectivity index (χ0) is 12.2. The van der Waals surface area contributed by atoms with Crippen LogP contribution in [0.15, 0.2) is 0 Å². The number of nitrogens with one attached hydrogen (secondary N) is 1. The number of nitrogens with zero attached hydrogens (tertiary/aromatic N) is 1. The number of hydrogen-bond donors (Lipinski definition) is 1. The second-order valence-electron chi connectivity index (χ2n) is 5.59. The van der Waals surface area contributed by atoms with E-state index in [-0.39, 0.29) is 17.2 Å². The number of carbonyl (C=O) groups is 1. The smallest absolute Gasteiger partial charge is 0.237 e. The molecule has 0 heterocycles. The SMILES string of the molecule is CC(C)C(C#N)C(=O)NCC1(C)CCCC1. The minimum atomic E-state index is -0.509. The Kier molecular flexibility index (Phi) is 4.35. The average Bonchev–Trinajstić information content (AvgIpc) is 2.63. The van der Waals surface area contributed by atoms with Crippen LogP contribution in [0.25, 0.3) is 0 Å². The molecule has 1 saturated carbocycles. The third-order valence-corrected chi connectivity index (χ3v) is 3.59. The lowest BCUT2D eigenvalue weighted by Gasteiger charge is -2.24. The summed E-state index contributed by atoms with van der Waals surface area (Å²) >= 11 is 0. The van der Waals surface area contributed by atoms with E-state index in [0.717, 1.165) is 6.54 Å². The van der Waals surface area contributed by atoms with Crippen LogP contribution in [0.2, 0.25) is 0 Å². The van der Waals surface area contributed by atoms with Gasteiger partial charge >= 0.3 is 0 Å². The third kappa shape index (κ3) is 3.23. The van der Waals surface area contributed by atoms with Crippen molar-refractivity contribution in [1.82, 2.24) is 5.32 Å². The van der Waals surface area contributed by atoms with E-state index in [1.165, 1.54) is 25.7 Å². The molecule has 0 spiro atoms. The van der Waals surface area contributed by atoms with Crippen molar-refractivity contribution in [3.8, 4) is 6.07 Å². The normalized spacial score (nSPS) is 20.4. The van der Waals surface area contributed by atoms with Gasteiger partial charge in [0.05, 0.1) is 6.07 Å². The molecule has 0 radical (unpaired) electrons. The Labute approximate surface area is 98.2 Å². The van der Waals surface area contributed by atoms with E-state index in [9.17, 15) is 4.79 Å². The Balaban J connectivity index is 2.43. The monoisotopic (exact) mass is 222 g/mol. The van der Waals surface area contributed by atoms with Crippen molar-refractivity contribution in [2.45, 2.75) is 46.5 Å². The Morgan fingerprint density at radius 3 is 2.44 bits per heavy atom. The maximum Gasteiger partial charge on any atom is 0.237 e. The molecule has 1 aliphatic carbocycles. The number of carbonyl (C=O) groups excluding carboxylic acids is 1.